The van der Waals surface area contributed by atoms with E-state index in [-0.39, 0.29) is 6.04 Å². The van der Waals surface area contributed by atoms with E-state index in [1.54, 1.807) is 12.3 Å². The van der Waals surface area contributed by atoms with E-state index in [0.29, 0.717) is 12.2 Å². The molecule has 0 bridgehead atoms. The van der Waals surface area contributed by atoms with Gasteiger partial charge in [0.1, 0.15) is 5.69 Å². The molecule has 6 heteroatoms. The molecule has 1 aliphatic rings. The van der Waals surface area contributed by atoms with Crippen LogP contribution in [-0.4, -0.2) is 55.1 Å². The number of hydrogen-bond donors (Lipinski definition) is 2. The van der Waals surface area contributed by atoms with Crippen molar-refractivity contribution >= 4 is 11.6 Å². The summed E-state index contributed by atoms with van der Waals surface area (Å²) in [6.07, 6.45) is 1.61. The van der Waals surface area contributed by atoms with Crippen LogP contribution in [0.1, 0.15) is 10.5 Å². The zero-order valence-electron chi connectivity index (χ0n) is 10.5. The largest absolute Gasteiger partial charge is 0.365 e. The number of hydrogen-bond acceptors (Lipinski definition) is 5. The van der Waals surface area contributed by atoms with Gasteiger partial charge in [-0.05, 0) is 19.2 Å². The van der Waals surface area contributed by atoms with Crippen molar-refractivity contribution in [2.24, 2.45) is 11.5 Å². The van der Waals surface area contributed by atoms with Crippen molar-refractivity contribution in [3.05, 3.63) is 24.0 Å². The van der Waals surface area contributed by atoms with Gasteiger partial charge in [0, 0.05) is 38.1 Å². The highest BCUT2D eigenvalue weighted by Gasteiger charge is 2.24. The Labute approximate surface area is 107 Å². The molecule has 0 saturated carbocycles. The standard InChI is InChI=1S/C12H19N5O/c1-16-4-5-17(10(7-13)8-16)9-2-3-15-11(6-9)12(14)18/h2-3,6,10H,4-5,7-8,13H2,1H3,(H2,14,18). The number of nitrogens with two attached hydrogens (primary N) is 2. The SMILES string of the molecule is CN1CCN(c2ccnc(C(N)=O)c2)C(CN)C1. The number of rotatable bonds is 3. The third-order valence-corrected chi connectivity index (χ3v) is 3.29. The lowest BCUT2D eigenvalue weighted by molar-refractivity contribution is 0.0995. The molecule has 1 saturated heterocycles. The van der Waals surface area contributed by atoms with Crippen molar-refractivity contribution in [3.63, 3.8) is 0 Å². The van der Waals surface area contributed by atoms with Crippen LogP contribution in [-0.2, 0) is 0 Å². The second-order valence-electron chi connectivity index (χ2n) is 4.61. The normalized spacial score (nSPS) is 21.0. The number of pyridine rings is 1. The molecule has 1 aromatic heterocycles. The molecule has 0 aromatic carbocycles. The first kappa shape index (κ1) is 12.8. The summed E-state index contributed by atoms with van der Waals surface area (Å²) >= 11 is 0. The first-order valence-electron chi connectivity index (χ1n) is 6.03. The van der Waals surface area contributed by atoms with E-state index in [1.165, 1.54) is 0 Å². The molecule has 6 nitrogen and oxygen atoms in total. The lowest BCUT2D eigenvalue weighted by Gasteiger charge is -2.41. The number of carbonyl (C=O) groups is 1. The number of piperazine rings is 1. The predicted octanol–water partition coefficient (Wildman–Crippen LogP) is -0.740. The van der Waals surface area contributed by atoms with E-state index in [4.69, 9.17) is 11.5 Å². The maximum absolute atomic E-state index is 11.1. The average Bonchev–Trinajstić information content (AvgIpc) is 2.38. The van der Waals surface area contributed by atoms with Crippen LogP contribution in [0.3, 0.4) is 0 Å². The Morgan fingerprint density at radius 3 is 3.00 bits per heavy atom. The van der Waals surface area contributed by atoms with Gasteiger partial charge in [0.05, 0.1) is 6.04 Å². The van der Waals surface area contributed by atoms with Gasteiger partial charge < -0.3 is 21.3 Å². The van der Waals surface area contributed by atoms with Gasteiger partial charge in [-0.1, -0.05) is 0 Å². The van der Waals surface area contributed by atoms with Crippen LogP contribution in [0.25, 0.3) is 0 Å². The molecule has 1 atom stereocenters. The number of anilines is 1. The third-order valence-electron chi connectivity index (χ3n) is 3.29. The molecule has 1 amide bonds. The fraction of sp³-hybridized carbons (Fsp3) is 0.500. The maximum atomic E-state index is 11.1. The van der Waals surface area contributed by atoms with Crippen LogP contribution in [0.15, 0.2) is 18.3 Å². The molecule has 0 radical (unpaired) electrons. The minimum atomic E-state index is -0.504. The molecule has 2 heterocycles. The summed E-state index contributed by atoms with van der Waals surface area (Å²) in [5.74, 6) is -0.504. The molecule has 1 aliphatic heterocycles. The highest BCUT2D eigenvalue weighted by molar-refractivity contribution is 5.91. The van der Waals surface area contributed by atoms with Gasteiger partial charge in [-0.25, -0.2) is 0 Å². The van der Waals surface area contributed by atoms with E-state index in [2.05, 4.69) is 21.8 Å². The molecule has 1 fully saturated rings. The Balaban J connectivity index is 2.24. The van der Waals surface area contributed by atoms with Gasteiger partial charge in [-0.3, -0.25) is 9.78 Å². The zero-order valence-corrected chi connectivity index (χ0v) is 10.5. The summed E-state index contributed by atoms with van der Waals surface area (Å²) in [6, 6.07) is 3.88. The molecule has 0 aliphatic carbocycles. The molecule has 0 spiro atoms. The van der Waals surface area contributed by atoms with Crippen LogP contribution < -0.4 is 16.4 Å². The predicted molar refractivity (Wildman–Crippen MR) is 70.4 cm³/mol. The van der Waals surface area contributed by atoms with Crippen LogP contribution in [0, 0.1) is 0 Å². The van der Waals surface area contributed by atoms with Gasteiger partial charge in [0.15, 0.2) is 0 Å². The molecule has 2 rings (SSSR count). The van der Waals surface area contributed by atoms with Gasteiger partial charge in [-0.15, -0.1) is 0 Å². The lowest BCUT2D eigenvalue weighted by atomic mass is 10.1. The smallest absolute Gasteiger partial charge is 0.267 e. The molecular formula is C12H19N5O. The van der Waals surface area contributed by atoms with Crippen molar-refractivity contribution in [1.82, 2.24) is 9.88 Å². The lowest BCUT2D eigenvalue weighted by Crippen LogP contribution is -2.55. The van der Waals surface area contributed by atoms with E-state index < -0.39 is 5.91 Å². The Morgan fingerprint density at radius 2 is 2.33 bits per heavy atom. The highest BCUT2D eigenvalue weighted by atomic mass is 16.1. The average molecular weight is 249 g/mol. The van der Waals surface area contributed by atoms with Crippen molar-refractivity contribution in [3.8, 4) is 0 Å². The van der Waals surface area contributed by atoms with E-state index in [0.717, 1.165) is 25.3 Å². The highest BCUT2D eigenvalue weighted by Crippen LogP contribution is 2.20. The van der Waals surface area contributed by atoms with Crippen molar-refractivity contribution in [2.75, 3.05) is 38.1 Å². The molecular weight excluding hydrogens is 230 g/mol. The van der Waals surface area contributed by atoms with E-state index in [9.17, 15) is 4.79 Å². The summed E-state index contributed by atoms with van der Waals surface area (Å²) in [4.78, 5) is 19.6. The summed E-state index contributed by atoms with van der Waals surface area (Å²) in [5, 5.41) is 0. The summed E-state index contributed by atoms with van der Waals surface area (Å²) in [7, 11) is 2.08. The van der Waals surface area contributed by atoms with Gasteiger partial charge in [-0.2, -0.15) is 0 Å². The first-order chi connectivity index (χ1) is 8.61. The number of aromatic nitrogens is 1. The minimum absolute atomic E-state index is 0.256. The molecule has 4 N–H and O–H groups in total. The molecule has 98 valence electrons. The second-order valence-corrected chi connectivity index (χ2v) is 4.61. The van der Waals surface area contributed by atoms with Crippen LogP contribution in [0.5, 0.6) is 0 Å². The van der Waals surface area contributed by atoms with Crippen molar-refractivity contribution in [2.45, 2.75) is 6.04 Å². The number of likely N-dealkylation sites (N-methyl/N-ethyl adjacent to an activating group) is 1. The van der Waals surface area contributed by atoms with Gasteiger partial charge in [0.25, 0.3) is 5.91 Å². The number of amides is 1. The first-order valence-corrected chi connectivity index (χ1v) is 6.03. The minimum Gasteiger partial charge on any atom is -0.365 e. The Kier molecular flexibility index (Phi) is 3.78. The monoisotopic (exact) mass is 249 g/mol. The topological polar surface area (TPSA) is 88.5 Å². The quantitative estimate of drug-likeness (QED) is 0.736. The molecule has 1 aromatic rings. The third kappa shape index (κ3) is 2.60. The zero-order chi connectivity index (χ0) is 13.1. The Morgan fingerprint density at radius 1 is 1.56 bits per heavy atom. The number of primary amides is 1. The number of carbonyl (C=O) groups excluding carboxylic acids is 1. The van der Waals surface area contributed by atoms with Crippen molar-refractivity contribution in [1.29, 1.82) is 0 Å². The van der Waals surface area contributed by atoms with Gasteiger partial charge >= 0.3 is 0 Å². The van der Waals surface area contributed by atoms with E-state index in [1.807, 2.05) is 6.07 Å². The Hall–Kier alpha value is -1.66. The Bertz CT molecular complexity index is 436. The number of nitrogens with zero attached hydrogens (tertiary/aromatic N) is 3. The van der Waals surface area contributed by atoms with Crippen LogP contribution in [0.2, 0.25) is 0 Å². The molecule has 18 heavy (non-hydrogen) atoms. The van der Waals surface area contributed by atoms with Gasteiger partial charge in [0.2, 0.25) is 0 Å². The summed E-state index contributed by atoms with van der Waals surface area (Å²) < 4.78 is 0. The summed E-state index contributed by atoms with van der Waals surface area (Å²) in [6.45, 7) is 3.37. The fourth-order valence-electron chi connectivity index (χ4n) is 2.29. The molecule has 1 unspecified atom stereocenters. The van der Waals surface area contributed by atoms with Crippen molar-refractivity contribution < 1.29 is 4.79 Å². The van der Waals surface area contributed by atoms with E-state index >= 15 is 0 Å². The summed E-state index contributed by atoms with van der Waals surface area (Å²) in [5.41, 5.74) is 12.3. The fourth-order valence-corrected chi connectivity index (χ4v) is 2.29. The van der Waals surface area contributed by atoms with Crippen LogP contribution in [0.4, 0.5) is 5.69 Å². The maximum Gasteiger partial charge on any atom is 0.267 e. The second kappa shape index (κ2) is 5.32. The van der Waals surface area contributed by atoms with Crippen LogP contribution >= 0.6 is 0 Å².